The molecule has 0 aliphatic carbocycles. The monoisotopic (exact) mass is 255 g/mol. The minimum absolute atomic E-state index is 0.0163. The number of hydrogen-bond donors (Lipinski definition) is 2. The molecule has 17 heavy (non-hydrogen) atoms. The molecule has 1 aromatic rings. The first kappa shape index (κ1) is 12.2. The molecule has 1 unspecified atom stereocenters. The summed E-state index contributed by atoms with van der Waals surface area (Å²) in [6.07, 6.45) is 0.0163. The van der Waals surface area contributed by atoms with Crippen molar-refractivity contribution in [2.75, 3.05) is 38.4 Å². The average molecular weight is 255 g/mol. The first-order chi connectivity index (χ1) is 8.04. The number of methoxy groups -OCH3 is 1. The van der Waals surface area contributed by atoms with Crippen molar-refractivity contribution in [3.63, 3.8) is 0 Å². The van der Waals surface area contributed by atoms with Crippen LogP contribution in [0.15, 0.2) is 11.0 Å². The molecule has 0 fully saturated rings. The quantitative estimate of drug-likeness (QED) is 0.774. The lowest BCUT2D eigenvalue weighted by molar-refractivity contribution is 0.0803. The first-order valence-electron chi connectivity index (χ1n) is 5.26. The van der Waals surface area contributed by atoms with E-state index in [-0.39, 0.29) is 6.23 Å². The van der Waals surface area contributed by atoms with Gasteiger partial charge >= 0.3 is 0 Å². The van der Waals surface area contributed by atoms with Crippen LogP contribution in [0.1, 0.15) is 0 Å². The van der Waals surface area contributed by atoms with E-state index in [4.69, 9.17) is 20.9 Å². The summed E-state index contributed by atoms with van der Waals surface area (Å²) in [5, 5.41) is 0. The molecule has 0 saturated heterocycles. The minimum atomic E-state index is 0.0163. The Labute approximate surface area is 105 Å². The minimum Gasteiger partial charge on any atom is -0.494 e. The summed E-state index contributed by atoms with van der Waals surface area (Å²) in [6.45, 7) is 0. The van der Waals surface area contributed by atoms with Crippen molar-refractivity contribution in [2.24, 2.45) is 0 Å². The molecule has 1 aromatic carbocycles. The fourth-order valence-corrected chi connectivity index (χ4v) is 2.89. The number of hydrogen-bond acceptors (Lipinski definition) is 6. The molecule has 1 atom stereocenters. The molecule has 0 aromatic heterocycles. The maximum absolute atomic E-state index is 6.01. The largest absolute Gasteiger partial charge is 0.494 e. The van der Waals surface area contributed by atoms with Crippen LogP contribution in [0.25, 0.3) is 0 Å². The zero-order valence-electron chi connectivity index (χ0n) is 10.2. The summed E-state index contributed by atoms with van der Waals surface area (Å²) >= 11 is 1.64. The Hall–Kier alpha value is -1.27. The van der Waals surface area contributed by atoms with Gasteiger partial charge in [-0.25, -0.2) is 0 Å². The van der Waals surface area contributed by atoms with Gasteiger partial charge in [-0.05, 0) is 14.1 Å². The number of thioether (sulfide) groups is 1. The molecule has 94 valence electrons. The van der Waals surface area contributed by atoms with Crippen LogP contribution < -0.4 is 20.9 Å². The second kappa shape index (κ2) is 4.54. The topological polar surface area (TPSA) is 73.7 Å². The van der Waals surface area contributed by atoms with E-state index in [1.807, 2.05) is 19.0 Å². The predicted octanol–water partition coefficient (Wildman–Crippen LogP) is 1.23. The number of nitrogen functional groups attached to an aromatic ring is 2. The molecular weight excluding hydrogens is 238 g/mol. The third-order valence-electron chi connectivity index (χ3n) is 2.69. The van der Waals surface area contributed by atoms with Gasteiger partial charge in [-0.3, -0.25) is 4.90 Å². The van der Waals surface area contributed by atoms with Crippen LogP contribution >= 0.6 is 11.8 Å². The number of anilines is 2. The van der Waals surface area contributed by atoms with Crippen LogP contribution in [0.5, 0.6) is 11.5 Å². The van der Waals surface area contributed by atoms with Crippen LogP contribution in [0, 0.1) is 0 Å². The van der Waals surface area contributed by atoms with Gasteiger partial charge in [-0.15, -0.1) is 11.8 Å². The molecule has 0 radical (unpaired) electrons. The predicted molar refractivity (Wildman–Crippen MR) is 70.6 cm³/mol. The van der Waals surface area contributed by atoms with Crippen LogP contribution in [0.4, 0.5) is 11.4 Å². The highest BCUT2D eigenvalue weighted by Crippen LogP contribution is 2.47. The lowest BCUT2D eigenvalue weighted by Crippen LogP contribution is -2.37. The van der Waals surface area contributed by atoms with Crippen molar-refractivity contribution in [2.45, 2.75) is 11.1 Å². The second-order valence-electron chi connectivity index (χ2n) is 4.09. The highest BCUT2D eigenvalue weighted by atomic mass is 32.2. The van der Waals surface area contributed by atoms with E-state index in [0.29, 0.717) is 22.9 Å². The van der Waals surface area contributed by atoms with E-state index in [0.717, 1.165) is 10.6 Å². The molecule has 2 rings (SSSR count). The standard InChI is InChI=1S/C11H17N3O2S/c1-14(2)8-5-17-11-9(13)7(15-3)4-6(12)10(11)16-8/h4,8H,5,12-13H2,1-3H3. The van der Waals surface area contributed by atoms with Gasteiger partial charge in [0.2, 0.25) is 0 Å². The van der Waals surface area contributed by atoms with Gasteiger partial charge in [0, 0.05) is 11.8 Å². The summed E-state index contributed by atoms with van der Waals surface area (Å²) in [5.74, 6) is 2.08. The maximum atomic E-state index is 6.01. The van der Waals surface area contributed by atoms with Crippen LogP contribution in [0.3, 0.4) is 0 Å². The van der Waals surface area contributed by atoms with Crippen molar-refractivity contribution in [1.29, 1.82) is 0 Å². The summed E-state index contributed by atoms with van der Waals surface area (Å²) in [6, 6.07) is 1.70. The van der Waals surface area contributed by atoms with Crippen molar-refractivity contribution in [3.8, 4) is 11.5 Å². The number of ether oxygens (including phenoxy) is 2. The SMILES string of the molecule is COc1cc(N)c2c(c1N)SCC(N(C)C)O2. The Balaban J connectivity index is 2.42. The summed E-state index contributed by atoms with van der Waals surface area (Å²) in [7, 11) is 5.52. The molecule has 4 N–H and O–H groups in total. The fraction of sp³-hybridized carbons (Fsp3) is 0.455. The maximum Gasteiger partial charge on any atom is 0.161 e. The van der Waals surface area contributed by atoms with Gasteiger partial charge < -0.3 is 20.9 Å². The Morgan fingerprint density at radius 2 is 2.18 bits per heavy atom. The normalized spacial score (nSPS) is 18.7. The summed E-state index contributed by atoms with van der Waals surface area (Å²) < 4.78 is 11.0. The molecule has 6 heteroatoms. The lowest BCUT2D eigenvalue weighted by atomic mass is 10.2. The Morgan fingerprint density at radius 3 is 2.76 bits per heavy atom. The smallest absolute Gasteiger partial charge is 0.161 e. The van der Waals surface area contributed by atoms with Crippen LogP contribution in [0.2, 0.25) is 0 Å². The number of rotatable bonds is 2. The van der Waals surface area contributed by atoms with E-state index in [1.54, 1.807) is 24.9 Å². The molecule has 0 spiro atoms. The van der Waals surface area contributed by atoms with Gasteiger partial charge in [0.1, 0.15) is 5.75 Å². The van der Waals surface area contributed by atoms with Gasteiger partial charge in [0.05, 0.1) is 23.4 Å². The number of nitrogens with zero attached hydrogens (tertiary/aromatic N) is 1. The molecule has 0 amide bonds. The van der Waals surface area contributed by atoms with Crippen LogP contribution in [-0.2, 0) is 0 Å². The van der Waals surface area contributed by atoms with Gasteiger partial charge in [-0.2, -0.15) is 0 Å². The van der Waals surface area contributed by atoms with Crippen molar-refractivity contribution >= 4 is 23.1 Å². The third-order valence-corrected chi connectivity index (χ3v) is 3.83. The number of benzene rings is 1. The molecule has 0 bridgehead atoms. The molecule has 5 nitrogen and oxygen atoms in total. The van der Waals surface area contributed by atoms with E-state index < -0.39 is 0 Å². The zero-order valence-corrected chi connectivity index (χ0v) is 11.0. The Kier molecular flexibility index (Phi) is 3.26. The van der Waals surface area contributed by atoms with Crippen molar-refractivity contribution < 1.29 is 9.47 Å². The van der Waals surface area contributed by atoms with E-state index >= 15 is 0 Å². The van der Waals surface area contributed by atoms with Gasteiger partial charge in [-0.1, -0.05) is 0 Å². The Bertz CT molecular complexity index is 437. The van der Waals surface area contributed by atoms with Crippen molar-refractivity contribution in [1.82, 2.24) is 4.90 Å². The fourth-order valence-electron chi connectivity index (χ4n) is 1.66. The Morgan fingerprint density at radius 1 is 1.47 bits per heavy atom. The second-order valence-corrected chi connectivity index (χ2v) is 5.12. The average Bonchev–Trinajstić information content (AvgIpc) is 2.33. The number of nitrogens with two attached hydrogens (primary N) is 2. The molecule has 1 heterocycles. The van der Waals surface area contributed by atoms with Gasteiger partial charge in [0.15, 0.2) is 12.0 Å². The molecular formula is C11H17N3O2S. The molecule has 1 aliphatic rings. The van der Waals surface area contributed by atoms with E-state index in [9.17, 15) is 0 Å². The highest BCUT2D eigenvalue weighted by Gasteiger charge is 2.27. The lowest BCUT2D eigenvalue weighted by Gasteiger charge is -2.31. The highest BCUT2D eigenvalue weighted by molar-refractivity contribution is 7.99. The molecule has 1 aliphatic heterocycles. The number of fused-ring (bicyclic) bond motifs is 1. The van der Waals surface area contributed by atoms with E-state index in [2.05, 4.69) is 0 Å². The van der Waals surface area contributed by atoms with Crippen LogP contribution in [-0.4, -0.2) is 38.1 Å². The van der Waals surface area contributed by atoms with Gasteiger partial charge in [0.25, 0.3) is 0 Å². The zero-order chi connectivity index (χ0) is 12.6. The summed E-state index contributed by atoms with van der Waals surface area (Å²) in [5.41, 5.74) is 13.1. The molecule has 0 saturated carbocycles. The summed E-state index contributed by atoms with van der Waals surface area (Å²) in [4.78, 5) is 2.88. The third kappa shape index (κ3) is 2.10. The van der Waals surface area contributed by atoms with E-state index in [1.165, 1.54) is 0 Å². The van der Waals surface area contributed by atoms with Crippen molar-refractivity contribution in [3.05, 3.63) is 6.07 Å². The first-order valence-corrected chi connectivity index (χ1v) is 6.25.